The van der Waals surface area contributed by atoms with Gasteiger partial charge < -0.3 is 9.42 Å². The van der Waals surface area contributed by atoms with Crippen LogP contribution in [0.1, 0.15) is 19.8 Å². The first-order chi connectivity index (χ1) is 4.06. The number of hydrogen-bond donors (Lipinski definition) is 1. The van der Waals surface area contributed by atoms with Gasteiger partial charge in [0.25, 0.3) is 0 Å². The van der Waals surface area contributed by atoms with E-state index < -0.39 is 7.60 Å². The first-order valence-electron chi connectivity index (χ1n) is 3.01. The minimum atomic E-state index is -3.20. The molecule has 0 aliphatic rings. The Hall–Kier alpha value is 0.150. The molecule has 56 valence electrons. The molecule has 0 bridgehead atoms. The molecule has 0 fully saturated rings. The van der Waals surface area contributed by atoms with Gasteiger partial charge in [-0.25, -0.2) is 0 Å². The molecule has 0 radical (unpaired) electrons. The van der Waals surface area contributed by atoms with Gasteiger partial charge in [-0.05, 0) is 6.42 Å². The van der Waals surface area contributed by atoms with E-state index >= 15 is 0 Å². The smallest absolute Gasteiger partial charge is 0.324 e. The van der Waals surface area contributed by atoms with Gasteiger partial charge in [-0.3, -0.25) is 4.57 Å². The molecule has 3 nitrogen and oxygen atoms in total. The molecule has 0 spiro atoms. The highest BCUT2D eigenvalue weighted by Crippen LogP contribution is 2.36. The molecule has 1 atom stereocenters. The van der Waals surface area contributed by atoms with Crippen LogP contribution in [0.2, 0.25) is 0 Å². The van der Waals surface area contributed by atoms with Crippen molar-refractivity contribution in [1.82, 2.24) is 0 Å². The molecule has 0 saturated heterocycles. The number of unbranched alkanes of at least 4 members (excludes halogenated alkanes) is 1. The van der Waals surface area contributed by atoms with Crippen LogP contribution in [0.5, 0.6) is 0 Å². The quantitative estimate of drug-likeness (QED) is 0.491. The molecule has 1 unspecified atom stereocenters. The normalized spacial score (nSPS) is 17.2. The first kappa shape index (κ1) is 9.15. The van der Waals surface area contributed by atoms with Crippen LogP contribution >= 0.6 is 7.60 Å². The van der Waals surface area contributed by atoms with E-state index in [4.69, 9.17) is 4.89 Å². The highest BCUT2D eigenvalue weighted by Gasteiger charge is 2.07. The lowest BCUT2D eigenvalue weighted by atomic mass is 10.4. The standard InChI is InChI=1S/C5H13O3P/c1-3-4-5-8-9(2,6)7/h3-5H2,1-2H3,(H,6,7). The summed E-state index contributed by atoms with van der Waals surface area (Å²) in [5.41, 5.74) is 0. The Morgan fingerprint density at radius 1 is 1.67 bits per heavy atom. The van der Waals surface area contributed by atoms with Crippen LogP contribution in [0.3, 0.4) is 0 Å². The van der Waals surface area contributed by atoms with Gasteiger partial charge in [-0.1, -0.05) is 13.3 Å². The van der Waals surface area contributed by atoms with Gasteiger partial charge in [0.15, 0.2) is 0 Å². The first-order valence-corrected chi connectivity index (χ1v) is 5.03. The summed E-state index contributed by atoms with van der Waals surface area (Å²) in [6.45, 7) is 3.59. The summed E-state index contributed by atoms with van der Waals surface area (Å²) in [6, 6.07) is 0. The maximum absolute atomic E-state index is 10.4. The summed E-state index contributed by atoms with van der Waals surface area (Å²) >= 11 is 0. The van der Waals surface area contributed by atoms with Crippen LogP contribution in [-0.4, -0.2) is 18.2 Å². The molecule has 0 heterocycles. The molecule has 0 rings (SSSR count). The highest BCUT2D eigenvalue weighted by molar-refractivity contribution is 7.51. The van der Waals surface area contributed by atoms with Crippen LogP contribution in [0, 0.1) is 0 Å². The number of hydrogen-bond acceptors (Lipinski definition) is 2. The van der Waals surface area contributed by atoms with Crippen molar-refractivity contribution in [2.75, 3.05) is 13.3 Å². The van der Waals surface area contributed by atoms with Crippen molar-refractivity contribution in [3.63, 3.8) is 0 Å². The van der Waals surface area contributed by atoms with Crippen molar-refractivity contribution < 1.29 is 14.0 Å². The van der Waals surface area contributed by atoms with E-state index in [1.54, 1.807) is 0 Å². The van der Waals surface area contributed by atoms with Crippen molar-refractivity contribution in [3.05, 3.63) is 0 Å². The van der Waals surface area contributed by atoms with E-state index in [-0.39, 0.29) is 0 Å². The summed E-state index contributed by atoms with van der Waals surface area (Å²) < 4.78 is 15.0. The van der Waals surface area contributed by atoms with E-state index in [2.05, 4.69) is 4.52 Å². The third kappa shape index (κ3) is 8.15. The summed E-state index contributed by atoms with van der Waals surface area (Å²) in [7, 11) is -3.20. The average Bonchev–Trinajstić information content (AvgIpc) is 1.63. The molecule has 1 N–H and O–H groups in total. The lowest BCUT2D eigenvalue weighted by Crippen LogP contribution is -1.89. The molecule has 0 saturated carbocycles. The van der Waals surface area contributed by atoms with Gasteiger partial charge in [0.2, 0.25) is 0 Å². The molecule has 0 aliphatic heterocycles. The lowest BCUT2D eigenvalue weighted by molar-refractivity contribution is 0.260. The highest BCUT2D eigenvalue weighted by atomic mass is 31.2. The summed E-state index contributed by atoms with van der Waals surface area (Å²) in [5, 5.41) is 0. The molecule has 0 amide bonds. The van der Waals surface area contributed by atoms with Crippen molar-refractivity contribution in [1.29, 1.82) is 0 Å². The Bertz CT molecular complexity index is 107. The summed E-state index contributed by atoms with van der Waals surface area (Å²) in [5.74, 6) is 0. The van der Waals surface area contributed by atoms with E-state index in [1.165, 1.54) is 6.66 Å². The third-order valence-corrected chi connectivity index (χ3v) is 1.49. The molecule has 0 aromatic heterocycles. The maximum atomic E-state index is 10.4. The molecule has 0 aromatic carbocycles. The summed E-state index contributed by atoms with van der Waals surface area (Å²) in [6.07, 6.45) is 1.83. The van der Waals surface area contributed by atoms with Gasteiger partial charge in [0.1, 0.15) is 0 Å². The zero-order chi connectivity index (χ0) is 7.33. The Morgan fingerprint density at radius 2 is 2.22 bits per heavy atom. The Morgan fingerprint density at radius 3 is 2.56 bits per heavy atom. The zero-order valence-corrected chi connectivity index (χ0v) is 6.73. The SMILES string of the molecule is CCCCOP(C)(=O)O. The average molecular weight is 152 g/mol. The van der Waals surface area contributed by atoms with Crippen LogP contribution in [0.25, 0.3) is 0 Å². The predicted molar refractivity (Wildman–Crippen MR) is 36.6 cm³/mol. The molecular formula is C5H13O3P. The van der Waals surface area contributed by atoms with Gasteiger partial charge in [-0.2, -0.15) is 0 Å². The van der Waals surface area contributed by atoms with E-state index in [0.717, 1.165) is 12.8 Å². The molecule has 0 aliphatic carbocycles. The predicted octanol–water partition coefficient (Wildman–Crippen LogP) is 1.62. The fraction of sp³-hybridized carbons (Fsp3) is 1.00. The monoisotopic (exact) mass is 152 g/mol. The Labute approximate surface area is 55.6 Å². The van der Waals surface area contributed by atoms with Crippen LogP contribution < -0.4 is 0 Å². The molecule has 4 heteroatoms. The summed E-state index contributed by atoms with van der Waals surface area (Å²) in [4.78, 5) is 8.58. The topological polar surface area (TPSA) is 46.5 Å². The van der Waals surface area contributed by atoms with E-state index in [0.29, 0.717) is 6.61 Å². The van der Waals surface area contributed by atoms with Gasteiger partial charge >= 0.3 is 7.60 Å². The molecule has 9 heavy (non-hydrogen) atoms. The third-order valence-electron chi connectivity index (χ3n) is 0.829. The van der Waals surface area contributed by atoms with Crippen LogP contribution in [0.4, 0.5) is 0 Å². The van der Waals surface area contributed by atoms with Gasteiger partial charge in [0, 0.05) is 6.66 Å². The maximum Gasteiger partial charge on any atom is 0.325 e. The second kappa shape index (κ2) is 4.04. The van der Waals surface area contributed by atoms with E-state index in [1.807, 2.05) is 6.92 Å². The number of rotatable bonds is 4. The molecule has 0 aromatic rings. The Balaban J connectivity index is 3.18. The fourth-order valence-electron chi connectivity index (χ4n) is 0.378. The molecular weight excluding hydrogens is 139 g/mol. The van der Waals surface area contributed by atoms with Crippen LogP contribution in [-0.2, 0) is 9.09 Å². The van der Waals surface area contributed by atoms with Crippen molar-refractivity contribution >= 4 is 7.60 Å². The second-order valence-corrected chi connectivity index (χ2v) is 3.85. The second-order valence-electron chi connectivity index (χ2n) is 1.99. The zero-order valence-electron chi connectivity index (χ0n) is 5.83. The fourth-order valence-corrected chi connectivity index (χ4v) is 0.846. The van der Waals surface area contributed by atoms with Crippen molar-refractivity contribution in [3.8, 4) is 0 Å². The minimum absolute atomic E-state index is 0.390. The van der Waals surface area contributed by atoms with Crippen molar-refractivity contribution in [2.45, 2.75) is 19.8 Å². The largest absolute Gasteiger partial charge is 0.325 e. The van der Waals surface area contributed by atoms with Gasteiger partial charge in [-0.15, -0.1) is 0 Å². The lowest BCUT2D eigenvalue weighted by Gasteiger charge is -2.04. The van der Waals surface area contributed by atoms with Gasteiger partial charge in [0.05, 0.1) is 6.61 Å². The van der Waals surface area contributed by atoms with E-state index in [9.17, 15) is 4.57 Å². The van der Waals surface area contributed by atoms with Crippen LogP contribution in [0.15, 0.2) is 0 Å². The van der Waals surface area contributed by atoms with Crippen molar-refractivity contribution in [2.24, 2.45) is 0 Å². The minimum Gasteiger partial charge on any atom is -0.324 e. The Kier molecular flexibility index (Phi) is 4.11.